The van der Waals surface area contributed by atoms with Crippen LogP contribution >= 0.6 is 11.6 Å². The number of nitrogens with one attached hydrogen (secondary N) is 1. The molecule has 0 heterocycles. The molecule has 0 aliphatic carbocycles. The Morgan fingerprint density at radius 1 is 1.56 bits per heavy atom. The third kappa shape index (κ3) is 3.41. The van der Waals surface area contributed by atoms with Gasteiger partial charge in [-0.05, 0) is 24.6 Å². The molecule has 86 valence electrons. The van der Waals surface area contributed by atoms with Crippen molar-refractivity contribution in [2.75, 3.05) is 11.9 Å². The smallest absolute Gasteiger partial charge is 0.101 e. The number of nitriles is 1. The van der Waals surface area contributed by atoms with E-state index in [1.165, 1.54) is 0 Å². The number of nitrogens with zero attached hydrogens (tertiary/aromatic N) is 1. The maximum Gasteiger partial charge on any atom is 0.101 e. The molecule has 0 aliphatic heterocycles. The number of hydrogen-bond donors (Lipinski definition) is 2. The van der Waals surface area contributed by atoms with Crippen molar-refractivity contribution in [3.05, 3.63) is 28.8 Å². The van der Waals surface area contributed by atoms with Gasteiger partial charge in [-0.15, -0.1) is 0 Å². The lowest BCUT2D eigenvalue weighted by atomic mass is 10.1. The molecular weight excluding hydrogens is 222 g/mol. The summed E-state index contributed by atoms with van der Waals surface area (Å²) in [6, 6.07) is 7.61. The molecule has 0 amide bonds. The quantitative estimate of drug-likeness (QED) is 0.828. The fraction of sp³-hybridized carbons (Fsp3) is 0.417. The standard InChI is InChI=1S/C12H16ClN3/c1-2-3-11(8-15)16-10-5-4-9(7-14)12(13)6-10/h4-6,11,16H,2-3,8,15H2,1H3. The van der Waals surface area contributed by atoms with Gasteiger partial charge in [-0.3, -0.25) is 0 Å². The number of halogens is 1. The second kappa shape index (κ2) is 6.37. The third-order valence-corrected chi connectivity index (χ3v) is 2.69. The summed E-state index contributed by atoms with van der Waals surface area (Å²) in [6.45, 7) is 2.71. The van der Waals surface area contributed by atoms with Crippen LogP contribution in [0.25, 0.3) is 0 Å². The molecule has 0 bridgehead atoms. The second-order valence-corrected chi connectivity index (χ2v) is 4.08. The zero-order valence-corrected chi connectivity index (χ0v) is 10.1. The first-order valence-electron chi connectivity index (χ1n) is 5.37. The Kier molecular flexibility index (Phi) is 5.10. The van der Waals surface area contributed by atoms with Gasteiger partial charge in [0.2, 0.25) is 0 Å². The average Bonchev–Trinajstić information content (AvgIpc) is 2.28. The Bertz CT molecular complexity index is 384. The van der Waals surface area contributed by atoms with Crippen LogP contribution in [0, 0.1) is 11.3 Å². The average molecular weight is 238 g/mol. The van der Waals surface area contributed by atoms with Crippen LogP contribution in [0.15, 0.2) is 18.2 Å². The van der Waals surface area contributed by atoms with Gasteiger partial charge in [-0.2, -0.15) is 5.26 Å². The van der Waals surface area contributed by atoms with Gasteiger partial charge in [0.1, 0.15) is 6.07 Å². The highest BCUT2D eigenvalue weighted by Crippen LogP contribution is 2.21. The second-order valence-electron chi connectivity index (χ2n) is 3.67. The van der Waals surface area contributed by atoms with Gasteiger partial charge in [0.05, 0.1) is 10.6 Å². The molecule has 0 saturated carbocycles. The molecular formula is C12H16ClN3. The van der Waals surface area contributed by atoms with Crippen LogP contribution < -0.4 is 11.1 Å². The van der Waals surface area contributed by atoms with E-state index in [1.807, 2.05) is 12.1 Å². The van der Waals surface area contributed by atoms with E-state index in [0.29, 0.717) is 17.1 Å². The van der Waals surface area contributed by atoms with E-state index >= 15 is 0 Å². The van der Waals surface area contributed by atoms with Crippen LogP contribution in [0.1, 0.15) is 25.3 Å². The molecule has 0 saturated heterocycles. The topological polar surface area (TPSA) is 61.8 Å². The summed E-state index contributed by atoms with van der Waals surface area (Å²) >= 11 is 5.94. The van der Waals surface area contributed by atoms with Gasteiger partial charge in [-0.1, -0.05) is 24.9 Å². The molecule has 16 heavy (non-hydrogen) atoms. The van der Waals surface area contributed by atoms with E-state index in [2.05, 4.69) is 12.2 Å². The summed E-state index contributed by atoms with van der Waals surface area (Å²) in [7, 11) is 0. The maximum atomic E-state index is 8.75. The first kappa shape index (κ1) is 12.8. The Morgan fingerprint density at radius 2 is 2.31 bits per heavy atom. The van der Waals surface area contributed by atoms with Crippen LogP contribution in [0.5, 0.6) is 0 Å². The summed E-state index contributed by atoms with van der Waals surface area (Å²) in [5, 5.41) is 12.5. The highest BCUT2D eigenvalue weighted by molar-refractivity contribution is 6.32. The number of hydrogen-bond acceptors (Lipinski definition) is 3. The molecule has 0 aromatic heterocycles. The molecule has 1 aromatic rings. The number of rotatable bonds is 5. The van der Waals surface area contributed by atoms with Crippen molar-refractivity contribution < 1.29 is 0 Å². The Hall–Kier alpha value is -1.24. The fourth-order valence-corrected chi connectivity index (χ4v) is 1.75. The fourth-order valence-electron chi connectivity index (χ4n) is 1.53. The predicted octanol–water partition coefficient (Wildman–Crippen LogP) is 2.75. The predicted molar refractivity (Wildman–Crippen MR) is 67.5 cm³/mol. The minimum absolute atomic E-state index is 0.258. The molecule has 4 heteroatoms. The van der Waals surface area contributed by atoms with Crippen LogP contribution in [-0.2, 0) is 0 Å². The molecule has 0 spiro atoms. The van der Waals surface area contributed by atoms with E-state index in [-0.39, 0.29) is 6.04 Å². The van der Waals surface area contributed by atoms with E-state index in [4.69, 9.17) is 22.6 Å². The maximum absolute atomic E-state index is 8.75. The van der Waals surface area contributed by atoms with Gasteiger partial charge < -0.3 is 11.1 Å². The van der Waals surface area contributed by atoms with Crippen LogP contribution in [-0.4, -0.2) is 12.6 Å². The highest BCUT2D eigenvalue weighted by Gasteiger charge is 2.06. The van der Waals surface area contributed by atoms with Gasteiger partial charge in [-0.25, -0.2) is 0 Å². The zero-order valence-electron chi connectivity index (χ0n) is 9.33. The lowest BCUT2D eigenvalue weighted by Crippen LogP contribution is -2.28. The summed E-state index contributed by atoms with van der Waals surface area (Å²) < 4.78 is 0. The van der Waals surface area contributed by atoms with Crippen LogP contribution in [0.2, 0.25) is 5.02 Å². The molecule has 1 unspecified atom stereocenters. The summed E-state index contributed by atoms with van der Waals surface area (Å²) in [5.41, 5.74) is 7.06. The lowest BCUT2D eigenvalue weighted by molar-refractivity contribution is 0.648. The number of anilines is 1. The Morgan fingerprint density at radius 3 is 2.81 bits per heavy atom. The van der Waals surface area contributed by atoms with Crippen LogP contribution in [0.3, 0.4) is 0 Å². The van der Waals surface area contributed by atoms with Gasteiger partial charge in [0.25, 0.3) is 0 Å². The van der Waals surface area contributed by atoms with Crippen molar-refractivity contribution in [1.82, 2.24) is 0 Å². The highest BCUT2D eigenvalue weighted by atomic mass is 35.5. The van der Waals surface area contributed by atoms with Crippen molar-refractivity contribution in [1.29, 1.82) is 5.26 Å². The van der Waals surface area contributed by atoms with E-state index in [0.717, 1.165) is 18.5 Å². The normalized spacial score (nSPS) is 11.9. The largest absolute Gasteiger partial charge is 0.381 e. The molecule has 1 atom stereocenters. The molecule has 0 aliphatic rings. The van der Waals surface area contributed by atoms with Gasteiger partial charge in [0.15, 0.2) is 0 Å². The van der Waals surface area contributed by atoms with E-state index in [1.54, 1.807) is 12.1 Å². The van der Waals surface area contributed by atoms with Gasteiger partial charge in [0, 0.05) is 18.3 Å². The first-order chi connectivity index (χ1) is 7.71. The summed E-state index contributed by atoms with van der Waals surface area (Å²) in [5.74, 6) is 0. The molecule has 0 fully saturated rings. The first-order valence-corrected chi connectivity index (χ1v) is 5.75. The number of benzene rings is 1. The molecule has 1 aromatic carbocycles. The summed E-state index contributed by atoms with van der Waals surface area (Å²) in [4.78, 5) is 0. The van der Waals surface area contributed by atoms with E-state index < -0.39 is 0 Å². The molecule has 3 nitrogen and oxygen atoms in total. The van der Waals surface area contributed by atoms with Crippen molar-refractivity contribution in [2.24, 2.45) is 5.73 Å². The molecule has 1 rings (SSSR count). The Balaban J connectivity index is 2.74. The minimum atomic E-state index is 0.258. The molecule has 3 N–H and O–H groups in total. The number of nitrogens with two attached hydrogens (primary N) is 1. The van der Waals surface area contributed by atoms with Gasteiger partial charge >= 0.3 is 0 Å². The van der Waals surface area contributed by atoms with E-state index in [9.17, 15) is 0 Å². The molecule has 0 radical (unpaired) electrons. The van der Waals surface area contributed by atoms with Crippen molar-refractivity contribution >= 4 is 17.3 Å². The summed E-state index contributed by atoms with van der Waals surface area (Å²) in [6.07, 6.45) is 2.10. The lowest BCUT2D eigenvalue weighted by Gasteiger charge is -2.17. The third-order valence-electron chi connectivity index (χ3n) is 2.38. The van der Waals surface area contributed by atoms with Crippen molar-refractivity contribution in [2.45, 2.75) is 25.8 Å². The van der Waals surface area contributed by atoms with Crippen LogP contribution in [0.4, 0.5) is 5.69 Å². The van der Waals surface area contributed by atoms with Crippen molar-refractivity contribution in [3.63, 3.8) is 0 Å². The zero-order chi connectivity index (χ0) is 12.0. The van der Waals surface area contributed by atoms with Crippen molar-refractivity contribution in [3.8, 4) is 6.07 Å². The Labute approximate surface area is 101 Å². The monoisotopic (exact) mass is 237 g/mol. The SMILES string of the molecule is CCCC(CN)Nc1ccc(C#N)c(Cl)c1. The minimum Gasteiger partial charge on any atom is -0.381 e.